The second-order valence-electron chi connectivity index (χ2n) is 4.51. The fraction of sp³-hybridized carbons (Fsp3) is 0.500. The number of piperazine rings is 1. The Labute approximate surface area is 107 Å². The smallest absolute Gasteiger partial charge is 0.0459 e. The number of hydrogen-bond acceptors (Lipinski definition) is 2. The first-order chi connectivity index (χ1) is 7.27. The molecule has 1 N–H and O–H groups in total. The van der Waals surface area contributed by atoms with Crippen molar-refractivity contribution in [2.45, 2.75) is 25.4 Å². The summed E-state index contributed by atoms with van der Waals surface area (Å²) in [6.07, 6.45) is 1.09. The summed E-state index contributed by atoms with van der Waals surface area (Å²) in [6.45, 7) is 4.42. The maximum absolute atomic E-state index is 6.24. The highest BCUT2D eigenvalue weighted by molar-refractivity contribution is 6.31. The summed E-state index contributed by atoms with van der Waals surface area (Å²) in [4.78, 5) is 2.53. The first-order valence-corrected chi connectivity index (χ1v) is 5.91. The van der Waals surface area contributed by atoms with E-state index in [0.717, 1.165) is 24.5 Å². The number of benzene rings is 1. The Morgan fingerprint density at radius 3 is 3.00 bits per heavy atom. The molecule has 2 heterocycles. The van der Waals surface area contributed by atoms with Crippen molar-refractivity contribution in [3.63, 3.8) is 0 Å². The average Bonchev–Trinajstić information content (AvgIpc) is 2.59. The maximum Gasteiger partial charge on any atom is 0.0459 e. The van der Waals surface area contributed by atoms with Crippen molar-refractivity contribution in [2.75, 3.05) is 18.0 Å². The second-order valence-corrected chi connectivity index (χ2v) is 4.92. The van der Waals surface area contributed by atoms with E-state index in [-0.39, 0.29) is 12.4 Å². The van der Waals surface area contributed by atoms with Crippen molar-refractivity contribution < 1.29 is 0 Å². The summed E-state index contributed by atoms with van der Waals surface area (Å²) in [6, 6.07) is 7.42. The van der Waals surface area contributed by atoms with Gasteiger partial charge in [0.15, 0.2) is 0 Å². The van der Waals surface area contributed by atoms with Crippen LogP contribution in [0.2, 0.25) is 5.02 Å². The Morgan fingerprint density at radius 1 is 1.38 bits per heavy atom. The summed E-state index contributed by atoms with van der Waals surface area (Å²) in [7, 11) is 0. The van der Waals surface area contributed by atoms with Crippen molar-refractivity contribution in [2.24, 2.45) is 0 Å². The quantitative estimate of drug-likeness (QED) is 0.770. The third-order valence-electron chi connectivity index (χ3n) is 3.50. The predicted molar refractivity (Wildman–Crippen MR) is 71.0 cm³/mol. The molecule has 1 aromatic carbocycles. The van der Waals surface area contributed by atoms with Crippen LogP contribution in [-0.4, -0.2) is 25.2 Å². The Balaban J connectivity index is 0.000000963. The van der Waals surface area contributed by atoms with E-state index in [1.807, 2.05) is 6.07 Å². The van der Waals surface area contributed by atoms with Gasteiger partial charge in [0.2, 0.25) is 0 Å². The summed E-state index contributed by atoms with van der Waals surface area (Å²) < 4.78 is 0. The van der Waals surface area contributed by atoms with Crippen LogP contribution in [0.3, 0.4) is 0 Å². The molecular formula is C12H16Cl2N2. The number of rotatable bonds is 0. The molecule has 0 amide bonds. The van der Waals surface area contributed by atoms with Crippen molar-refractivity contribution in [3.05, 3.63) is 28.8 Å². The van der Waals surface area contributed by atoms with Gasteiger partial charge < -0.3 is 10.2 Å². The van der Waals surface area contributed by atoms with Crippen LogP contribution in [0.15, 0.2) is 18.2 Å². The van der Waals surface area contributed by atoms with Crippen LogP contribution in [0.4, 0.5) is 5.69 Å². The lowest BCUT2D eigenvalue weighted by Crippen LogP contribution is -2.54. The van der Waals surface area contributed by atoms with Crippen LogP contribution >= 0.6 is 24.0 Å². The van der Waals surface area contributed by atoms with Crippen LogP contribution in [0.5, 0.6) is 0 Å². The SMILES string of the molecule is C[C@@H]1CNC[C@H]2Cc3c(Cl)cccc3N21.Cl. The second kappa shape index (κ2) is 4.44. The zero-order chi connectivity index (χ0) is 10.4. The van der Waals surface area contributed by atoms with Gasteiger partial charge in [-0.1, -0.05) is 17.7 Å². The van der Waals surface area contributed by atoms with E-state index < -0.39 is 0 Å². The zero-order valence-electron chi connectivity index (χ0n) is 9.24. The molecule has 4 heteroatoms. The van der Waals surface area contributed by atoms with Crippen molar-refractivity contribution in [3.8, 4) is 0 Å². The van der Waals surface area contributed by atoms with Gasteiger partial charge in [0.1, 0.15) is 0 Å². The van der Waals surface area contributed by atoms with E-state index in [1.165, 1.54) is 11.3 Å². The molecule has 16 heavy (non-hydrogen) atoms. The first kappa shape index (κ1) is 12.0. The molecule has 2 aliphatic rings. The van der Waals surface area contributed by atoms with Crippen molar-refractivity contribution in [1.29, 1.82) is 0 Å². The molecule has 0 spiro atoms. The Bertz CT molecular complexity index is 395. The number of fused-ring (bicyclic) bond motifs is 3. The largest absolute Gasteiger partial charge is 0.363 e. The molecule has 0 unspecified atom stereocenters. The molecule has 2 nitrogen and oxygen atoms in total. The number of nitrogens with zero attached hydrogens (tertiary/aromatic N) is 1. The first-order valence-electron chi connectivity index (χ1n) is 5.54. The summed E-state index contributed by atoms with van der Waals surface area (Å²) in [5.74, 6) is 0. The van der Waals surface area contributed by atoms with Crippen LogP contribution in [0.25, 0.3) is 0 Å². The fourth-order valence-electron chi connectivity index (χ4n) is 2.85. The Morgan fingerprint density at radius 2 is 2.19 bits per heavy atom. The lowest BCUT2D eigenvalue weighted by atomic mass is 10.1. The third kappa shape index (κ3) is 1.69. The highest BCUT2D eigenvalue weighted by atomic mass is 35.5. The maximum atomic E-state index is 6.24. The van der Waals surface area contributed by atoms with Gasteiger partial charge in [-0.2, -0.15) is 0 Å². The number of halogens is 2. The molecule has 88 valence electrons. The molecule has 0 saturated carbocycles. The number of hydrogen-bond donors (Lipinski definition) is 1. The van der Waals surface area contributed by atoms with Crippen LogP contribution in [-0.2, 0) is 6.42 Å². The molecule has 2 aliphatic heterocycles. The molecule has 0 aromatic heterocycles. The molecule has 1 aromatic rings. The fourth-order valence-corrected chi connectivity index (χ4v) is 3.09. The number of anilines is 1. The molecule has 0 radical (unpaired) electrons. The Hall–Kier alpha value is -0.440. The summed E-state index contributed by atoms with van der Waals surface area (Å²) in [5, 5.41) is 4.40. The van der Waals surface area contributed by atoms with Crippen LogP contribution in [0.1, 0.15) is 12.5 Å². The summed E-state index contributed by atoms with van der Waals surface area (Å²) >= 11 is 6.24. The molecule has 2 atom stereocenters. The molecule has 3 rings (SSSR count). The molecular weight excluding hydrogens is 243 g/mol. The molecule has 0 bridgehead atoms. The van der Waals surface area contributed by atoms with E-state index in [4.69, 9.17) is 11.6 Å². The van der Waals surface area contributed by atoms with E-state index in [1.54, 1.807) is 0 Å². The molecule has 1 fully saturated rings. The van der Waals surface area contributed by atoms with Crippen LogP contribution < -0.4 is 10.2 Å². The van der Waals surface area contributed by atoms with Gasteiger partial charge >= 0.3 is 0 Å². The van der Waals surface area contributed by atoms with E-state index in [9.17, 15) is 0 Å². The van der Waals surface area contributed by atoms with Gasteiger partial charge in [-0.3, -0.25) is 0 Å². The van der Waals surface area contributed by atoms with Gasteiger partial charge in [-0.25, -0.2) is 0 Å². The van der Waals surface area contributed by atoms with Gasteiger partial charge in [0.05, 0.1) is 0 Å². The van der Waals surface area contributed by atoms with Crippen LogP contribution in [0, 0.1) is 0 Å². The molecule has 0 aliphatic carbocycles. The normalized spacial score (nSPS) is 27.0. The summed E-state index contributed by atoms with van der Waals surface area (Å²) in [5.41, 5.74) is 2.68. The topological polar surface area (TPSA) is 15.3 Å². The zero-order valence-corrected chi connectivity index (χ0v) is 10.8. The van der Waals surface area contributed by atoms with Gasteiger partial charge in [0.25, 0.3) is 0 Å². The highest BCUT2D eigenvalue weighted by Crippen LogP contribution is 2.38. The molecule has 1 saturated heterocycles. The average molecular weight is 259 g/mol. The van der Waals surface area contributed by atoms with Gasteiger partial charge in [-0.15, -0.1) is 12.4 Å². The van der Waals surface area contributed by atoms with Crippen molar-refractivity contribution >= 4 is 29.7 Å². The Kier molecular flexibility index (Phi) is 3.34. The van der Waals surface area contributed by atoms with Gasteiger partial charge in [-0.05, 0) is 31.0 Å². The van der Waals surface area contributed by atoms with Gasteiger partial charge in [0, 0.05) is 35.9 Å². The number of nitrogens with one attached hydrogen (secondary N) is 1. The minimum absolute atomic E-state index is 0. The van der Waals surface area contributed by atoms with E-state index in [2.05, 4.69) is 29.3 Å². The van der Waals surface area contributed by atoms with E-state index in [0.29, 0.717) is 12.1 Å². The third-order valence-corrected chi connectivity index (χ3v) is 3.85. The predicted octanol–water partition coefficient (Wildman–Crippen LogP) is 2.48. The minimum Gasteiger partial charge on any atom is -0.363 e. The van der Waals surface area contributed by atoms with E-state index >= 15 is 0 Å². The monoisotopic (exact) mass is 258 g/mol. The standard InChI is InChI=1S/C12H15ClN2.ClH/c1-8-6-14-7-9-5-10-11(13)3-2-4-12(10)15(8)9;/h2-4,8-9,14H,5-7H2,1H3;1H/t8-,9-;/m1./s1. The van der Waals surface area contributed by atoms with Crippen molar-refractivity contribution in [1.82, 2.24) is 5.32 Å². The lowest BCUT2D eigenvalue weighted by Gasteiger charge is -2.38. The highest BCUT2D eigenvalue weighted by Gasteiger charge is 2.35. The minimum atomic E-state index is 0. The lowest BCUT2D eigenvalue weighted by molar-refractivity contribution is 0.430.